The van der Waals surface area contributed by atoms with Gasteiger partial charge in [0.15, 0.2) is 5.58 Å². The van der Waals surface area contributed by atoms with Crippen molar-refractivity contribution in [3.8, 4) is 11.1 Å². The van der Waals surface area contributed by atoms with Gasteiger partial charge in [0, 0.05) is 42.5 Å². The predicted molar refractivity (Wildman–Crippen MR) is 184 cm³/mol. The van der Waals surface area contributed by atoms with Gasteiger partial charge in [0.05, 0.1) is 5.69 Å². The Bertz CT molecular complexity index is 2340. The fraction of sp³-hybridized carbons (Fsp3) is 0.0500. The van der Waals surface area contributed by atoms with Crippen molar-refractivity contribution in [2.24, 2.45) is 0 Å². The van der Waals surface area contributed by atoms with Gasteiger partial charge in [0.2, 0.25) is 0 Å². The number of rotatable bonds is 4. The van der Waals surface area contributed by atoms with Crippen LogP contribution in [0.15, 0.2) is 138 Å². The van der Waals surface area contributed by atoms with Gasteiger partial charge in [0.1, 0.15) is 5.76 Å². The van der Waals surface area contributed by atoms with Crippen molar-refractivity contribution in [2.45, 2.75) is 12.8 Å². The molecule has 1 aliphatic carbocycles. The molecule has 0 fully saturated rings. The number of thiophene rings is 1. The van der Waals surface area contributed by atoms with Crippen LogP contribution in [0.25, 0.3) is 59.1 Å². The van der Waals surface area contributed by atoms with Crippen LogP contribution in [0.5, 0.6) is 0 Å². The molecular formula is C40H27NOS. The van der Waals surface area contributed by atoms with Crippen molar-refractivity contribution in [3.63, 3.8) is 0 Å². The number of benzene rings is 6. The summed E-state index contributed by atoms with van der Waals surface area (Å²) in [4.78, 5) is 2.36. The maximum Gasteiger partial charge on any atom is 0.159 e. The van der Waals surface area contributed by atoms with Gasteiger partial charge < -0.3 is 9.32 Å². The minimum absolute atomic E-state index is 0.937. The van der Waals surface area contributed by atoms with Gasteiger partial charge in [-0.1, -0.05) is 91.0 Å². The van der Waals surface area contributed by atoms with Gasteiger partial charge in [-0.05, 0) is 83.3 Å². The lowest BCUT2D eigenvalue weighted by molar-refractivity contribution is 0.596. The van der Waals surface area contributed by atoms with E-state index in [1.165, 1.54) is 53.0 Å². The molecule has 2 nitrogen and oxygen atoms in total. The number of aryl methyl sites for hydroxylation is 1. The lowest BCUT2D eigenvalue weighted by Crippen LogP contribution is -2.10. The highest BCUT2D eigenvalue weighted by atomic mass is 32.1. The second-order valence-corrected chi connectivity index (χ2v) is 12.3. The Morgan fingerprint density at radius 2 is 1.37 bits per heavy atom. The number of nitrogens with zero attached hydrogens (tertiary/aromatic N) is 1. The van der Waals surface area contributed by atoms with Crippen LogP contribution >= 0.6 is 11.3 Å². The quantitative estimate of drug-likeness (QED) is 0.210. The van der Waals surface area contributed by atoms with Crippen LogP contribution in [0.1, 0.15) is 17.7 Å². The summed E-state index contributed by atoms with van der Waals surface area (Å²) < 4.78 is 9.23. The van der Waals surface area contributed by atoms with Gasteiger partial charge in [-0.15, -0.1) is 11.3 Å². The molecule has 0 aliphatic heterocycles. The summed E-state index contributed by atoms with van der Waals surface area (Å²) in [6.07, 6.45) is 6.40. The zero-order valence-electron chi connectivity index (χ0n) is 23.5. The molecule has 0 N–H and O–H groups in total. The van der Waals surface area contributed by atoms with Crippen LogP contribution in [-0.4, -0.2) is 0 Å². The van der Waals surface area contributed by atoms with E-state index < -0.39 is 0 Å². The fourth-order valence-corrected chi connectivity index (χ4v) is 7.80. The molecule has 0 spiro atoms. The molecular weight excluding hydrogens is 543 g/mol. The van der Waals surface area contributed by atoms with Crippen LogP contribution in [0, 0.1) is 0 Å². The molecule has 0 amide bonds. The van der Waals surface area contributed by atoms with E-state index in [-0.39, 0.29) is 0 Å². The van der Waals surface area contributed by atoms with E-state index in [1.807, 2.05) is 11.3 Å². The van der Waals surface area contributed by atoms with Crippen molar-refractivity contribution in [1.29, 1.82) is 0 Å². The first-order valence-corrected chi connectivity index (χ1v) is 15.6. The Balaban J connectivity index is 1.29. The van der Waals surface area contributed by atoms with E-state index >= 15 is 0 Å². The zero-order chi connectivity index (χ0) is 28.3. The van der Waals surface area contributed by atoms with Crippen molar-refractivity contribution in [2.75, 3.05) is 4.90 Å². The Kier molecular flexibility index (Phi) is 5.53. The van der Waals surface area contributed by atoms with E-state index in [4.69, 9.17) is 4.42 Å². The van der Waals surface area contributed by atoms with E-state index in [2.05, 4.69) is 144 Å². The SMILES string of the molecule is C1=Cc2oc3c(N(c4ccc(-c5ccccc5)cc4)c4ccc5sc6ccc7ccccc7c6c5c4)cccc3c2CC1. The number of hydrogen-bond acceptors (Lipinski definition) is 3. The minimum atomic E-state index is 0.937. The third kappa shape index (κ3) is 3.93. The van der Waals surface area contributed by atoms with Gasteiger partial charge in [-0.3, -0.25) is 0 Å². The number of anilines is 3. The van der Waals surface area contributed by atoms with Crippen molar-refractivity contribution < 1.29 is 4.42 Å². The second-order valence-electron chi connectivity index (χ2n) is 11.2. The lowest BCUT2D eigenvalue weighted by atomic mass is 10.00. The first kappa shape index (κ1) is 24.5. The van der Waals surface area contributed by atoms with Crippen LogP contribution in [0.2, 0.25) is 0 Å². The molecule has 0 radical (unpaired) electrons. The average molecular weight is 570 g/mol. The molecule has 6 aromatic carbocycles. The molecule has 0 atom stereocenters. The molecule has 9 rings (SSSR count). The van der Waals surface area contributed by atoms with Gasteiger partial charge in [-0.25, -0.2) is 0 Å². The van der Waals surface area contributed by atoms with Crippen LogP contribution in [0.4, 0.5) is 17.1 Å². The normalized spacial score (nSPS) is 12.8. The Hall–Kier alpha value is -5.12. The standard InChI is InChI=1S/C40H27NOS/c1-2-9-26(10-3-1)27-17-20-29(21-18-27)41(35-15-8-14-33-32-13-6-7-16-36(32)42-40(33)35)30-22-24-37-34(25-30)39-31-12-5-4-11-28(31)19-23-38(39)43-37/h1-5,7-12,14-25H,6,13H2. The summed E-state index contributed by atoms with van der Waals surface area (Å²) in [5.41, 5.74) is 7.93. The minimum Gasteiger partial charge on any atom is -0.454 e. The summed E-state index contributed by atoms with van der Waals surface area (Å²) in [5.74, 6) is 0.985. The molecule has 8 aromatic rings. The van der Waals surface area contributed by atoms with E-state index in [0.717, 1.165) is 41.2 Å². The topological polar surface area (TPSA) is 16.4 Å². The highest BCUT2D eigenvalue weighted by Crippen LogP contribution is 2.46. The first-order valence-electron chi connectivity index (χ1n) is 14.8. The molecule has 43 heavy (non-hydrogen) atoms. The monoisotopic (exact) mass is 569 g/mol. The summed E-state index contributed by atoms with van der Waals surface area (Å²) in [7, 11) is 0. The van der Waals surface area contributed by atoms with Gasteiger partial charge in [0.25, 0.3) is 0 Å². The molecule has 0 saturated heterocycles. The molecule has 2 aromatic heterocycles. The molecule has 1 aliphatic rings. The first-order chi connectivity index (χ1) is 21.3. The maximum atomic E-state index is 6.61. The zero-order valence-corrected chi connectivity index (χ0v) is 24.3. The number of allylic oxidation sites excluding steroid dienone is 1. The summed E-state index contributed by atoms with van der Waals surface area (Å²) in [6.45, 7) is 0. The van der Waals surface area contributed by atoms with Crippen LogP contribution in [-0.2, 0) is 6.42 Å². The number of fused-ring (bicyclic) bond motifs is 8. The largest absolute Gasteiger partial charge is 0.454 e. The highest BCUT2D eigenvalue weighted by Gasteiger charge is 2.22. The van der Waals surface area contributed by atoms with E-state index in [9.17, 15) is 0 Å². The Morgan fingerprint density at radius 1 is 0.605 bits per heavy atom. The van der Waals surface area contributed by atoms with E-state index in [0.29, 0.717) is 0 Å². The van der Waals surface area contributed by atoms with E-state index in [1.54, 1.807) is 0 Å². The number of para-hydroxylation sites is 1. The molecule has 2 heterocycles. The summed E-state index contributed by atoms with van der Waals surface area (Å²) >= 11 is 1.86. The maximum absolute atomic E-state index is 6.61. The fourth-order valence-electron chi connectivity index (χ4n) is 6.70. The Labute approximate surface area is 253 Å². The highest BCUT2D eigenvalue weighted by molar-refractivity contribution is 7.26. The molecule has 3 heteroatoms. The number of furan rings is 1. The van der Waals surface area contributed by atoms with Gasteiger partial charge >= 0.3 is 0 Å². The van der Waals surface area contributed by atoms with Crippen molar-refractivity contribution in [3.05, 3.63) is 145 Å². The number of hydrogen-bond donors (Lipinski definition) is 0. The van der Waals surface area contributed by atoms with Crippen molar-refractivity contribution in [1.82, 2.24) is 0 Å². The molecule has 0 unspecified atom stereocenters. The summed E-state index contributed by atoms with van der Waals surface area (Å²) in [5, 5.41) is 6.39. The van der Waals surface area contributed by atoms with Crippen molar-refractivity contribution >= 4 is 76.4 Å². The summed E-state index contributed by atoms with van der Waals surface area (Å²) in [6, 6.07) is 46.2. The molecule has 0 saturated carbocycles. The molecule has 204 valence electrons. The van der Waals surface area contributed by atoms with Crippen LogP contribution < -0.4 is 4.90 Å². The second kappa shape index (κ2) is 9.72. The average Bonchev–Trinajstić information content (AvgIpc) is 3.65. The third-order valence-corrected chi connectivity index (χ3v) is 9.87. The van der Waals surface area contributed by atoms with Crippen LogP contribution in [0.3, 0.4) is 0 Å². The smallest absolute Gasteiger partial charge is 0.159 e. The predicted octanol–water partition coefficient (Wildman–Crippen LogP) is 12.1. The lowest BCUT2D eigenvalue weighted by Gasteiger charge is -2.26. The Morgan fingerprint density at radius 3 is 2.28 bits per heavy atom. The van der Waals surface area contributed by atoms with Gasteiger partial charge in [-0.2, -0.15) is 0 Å². The molecule has 0 bridgehead atoms. The third-order valence-electron chi connectivity index (χ3n) is 8.73.